The van der Waals surface area contributed by atoms with Gasteiger partial charge in [-0.05, 0) is 48.4 Å². The zero-order valence-electron chi connectivity index (χ0n) is 12.8. The fraction of sp³-hybridized carbons (Fsp3) is 0.222. The molecule has 0 fully saturated rings. The van der Waals surface area contributed by atoms with Crippen LogP contribution in [0, 0.1) is 5.82 Å². The molecular weight excluding hydrogens is 295 g/mol. The number of hydrogen-bond donors (Lipinski definition) is 0. The fourth-order valence-electron chi connectivity index (χ4n) is 2.17. The van der Waals surface area contributed by atoms with E-state index in [9.17, 15) is 4.39 Å². The van der Waals surface area contributed by atoms with Crippen LogP contribution in [0.3, 0.4) is 0 Å². The lowest BCUT2D eigenvalue weighted by molar-refractivity contribution is 0.305. The Kier molecular flexibility index (Phi) is 4.66. The predicted octanol–water partition coefficient (Wildman–Crippen LogP) is 4.41. The second-order valence-corrected chi connectivity index (χ2v) is 5.19. The second kappa shape index (κ2) is 7.05. The maximum Gasteiger partial charge on any atom is 0.247 e. The lowest BCUT2D eigenvalue weighted by Crippen LogP contribution is -1.95. The van der Waals surface area contributed by atoms with Gasteiger partial charge in [-0.2, -0.15) is 0 Å². The molecule has 0 radical (unpaired) electrons. The molecule has 0 spiro atoms. The van der Waals surface area contributed by atoms with Crippen molar-refractivity contribution in [2.24, 2.45) is 0 Å². The Morgan fingerprint density at radius 1 is 1.09 bits per heavy atom. The van der Waals surface area contributed by atoms with Crippen molar-refractivity contribution in [1.82, 2.24) is 10.2 Å². The number of nitrogens with zero attached hydrogens (tertiary/aromatic N) is 2. The van der Waals surface area contributed by atoms with E-state index in [2.05, 4.69) is 17.1 Å². The first-order valence-corrected chi connectivity index (χ1v) is 7.54. The van der Waals surface area contributed by atoms with Gasteiger partial charge in [0.1, 0.15) is 18.2 Å². The SMILES string of the molecule is CCCc1nnc(-c2ccc(OCc3cccc(F)c3)cc2)o1. The van der Waals surface area contributed by atoms with Crippen LogP contribution in [-0.4, -0.2) is 10.2 Å². The fourth-order valence-corrected chi connectivity index (χ4v) is 2.17. The molecule has 0 bridgehead atoms. The highest BCUT2D eigenvalue weighted by molar-refractivity contribution is 5.53. The minimum atomic E-state index is -0.263. The molecule has 0 N–H and O–H groups in total. The van der Waals surface area contributed by atoms with Gasteiger partial charge >= 0.3 is 0 Å². The van der Waals surface area contributed by atoms with E-state index in [0.29, 0.717) is 24.1 Å². The Balaban J connectivity index is 1.64. The topological polar surface area (TPSA) is 48.2 Å². The van der Waals surface area contributed by atoms with Crippen LogP contribution in [0.4, 0.5) is 4.39 Å². The smallest absolute Gasteiger partial charge is 0.247 e. The summed E-state index contributed by atoms with van der Waals surface area (Å²) in [5.74, 6) is 1.59. The lowest BCUT2D eigenvalue weighted by Gasteiger charge is -2.06. The highest BCUT2D eigenvalue weighted by Crippen LogP contribution is 2.22. The summed E-state index contributed by atoms with van der Waals surface area (Å²) in [5.41, 5.74) is 1.63. The van der Waals surface area contributed by atoms with Gasteiger partial charge in [-0.25, -0.2) is 4.39 Å². The second-order valence-electron chi connectivity index (χ2n) is 5.19. The van der Waals surface area contributed by atoms with Crippen LogP contribution in [0.5, 0.6) is 5.75 Å². The van der Waals surface area contributed by atoms with E-state index < -0.39 is 0 Å². The number of aromatic nitrogens is 2. The molecule has 1 heterocycles. The highest BCUT2D eigenvalue weighted by Gasteiger charge is 2.08. The van der Waals surface area contributed by atoms with Crippen LogP contribution in [0.15, 0.2) is 52.9 Å². The van der Waals surface area contributed by atoms with Crippen molar-refractivity contribution in [3.05, 3.63) is 65.8 Å². The number of benzene rings is 2. The van der Waals surface area contributed by atoms with E-state index in [-0.39, 0.29) is 5.82 Å². The van der Waals surface area contributed by atoms with Gasteiger partial charge in [0.25, 0.3) is 0 Å². The number of rotatable bonds is 6. The molecule has 2 aromatic carbocycles. The van der Waals surface area contributed by atoms with Gasteiger partial charge < -0.3 is 9.15 Å². The summed E-state index contributed by atoms with van der Waals surface area (Å²) >= 11 is 0. The summed E-state index contributed by atoms with van der Waals surface area (Å²) in [6, 6.07) is 13.8. The number of halogens is 1. The highest BCUT2D eigenvalue weighted by atomic mass is 19.1. The van der Waals surface area contributed by atoms with Crippen molar-refractivity contribution in [3.8, 4) is 17.2 Å². The standard InChI is InChI=1S/C18H17FN2O2/c1-2-4-17-20-21-18(23-17)14-7-9-16(10-8-14)22-12-13-5-3-6-15(19)11-13/h3,5-11H,2,4,12H2,1H3. The summed E-state index contributed by atoms with van der Waals surface area (Å²) in [5, 5.41) is 8.04. The number of hydrogen-bond acceptors (Lipinski definition) is 4. The van der Waals surface area contributed by atoms with Crippen molar-refractivity contribution in [2.45, 2.75) is 26.4 Å². The van der Waals surface area contributed by atoms with Crippen molar-refractivity contribution in [2.75, 3.05) is 0 Å². The summed E-state index contributed by atoms with van der Waals surface area (Å²) in [6.45, 7) is 2.38. The molecule has 0 saturated heterocycles. The van der Waals surface area contributed by atoms with Crippen LogP contribution in [0.25, 0.3) is 11.5 Å². The normalized spacial score (nSPS) is 10.7. The molecule has 3 aromatic rings. The molecule has 0 atom stereocenters. The minimum Gasteiger partial charge on any atom is -0.489 e. The van der Waals surface area contributed by atoms with E-state index in [4.69, 9.17) is 9.15 Å². The Labute approximate surface area is 133 Å². The molecule has 0 amide bonds. The van der Waals surface area contributed by atoms with Crippen molar-refractivity contribution >= 4 is 0 Å². The molecule has 118 valence electrons. The summed E-state index contributed by atoms with van der Waals surface area (Å²) in [4.78, 5) is 0. The number of ether oxygens (including phenoxy) is 1. The monoisotopic (exact) mass is 312 g/mol. The molecule has 0 aliphatic carbocycles. The van der Waals surface area contributed by atoms with Gasteiger partial charge in [-0.15, -0.1) is 10.2 Å². The molecule has 1 aromatic heterocycles. The predicted molar refractivity (Wildman–Crippen MR) is 84.5 cm³/mol. The lowest BCUT2D eigenvalue weighted by atomic mass is 10.2. The van der Waals surface area contributed by atoms with Gasteiger partial charge in [-0.1, -0.05) is 19.1 Å². The first-order valence-electron chi connectivity index (χ1n) is 7.54. The van der Waals surface area contributed by atoms with Crippen molar-refractivity contribution in [3.63, 3.8) is 0 Å². The molecule has 0 aliphatic rings. The third-order valence-corrected chi connectivity index (χ3v) is 3.33. The van der Waals surface area contributed by atoms with Crippen LogP contribution in [-0.2, 0) is 13.0 Å². The average Bonchev–Trinajstić information content (AvgIpc) is 3.03. The molecule has 4 nitrogen and oxygen atoms in total. The van der Waals surface area contributed by atoms with E-state index >= 15 is 0 Å². The Hall–Kier alpha value is -2.69. The molecule has 5 heteroatoms. The van der Waals surface area contributed by atoms with Gasteiger partial charge in [-0.3, -0.25) is 0 Å². The minimum absolute atomic E-state index is 0.263. The Bertz CT molecular complexity index is 769. The summed E-state index contributed by atoms with van der Waals surface area (Å²) in [6.07, 6.45) is 1.75. The van der Waals surface area contributed by atoms with Gasteiger partial charge in [0.05, 0.1) is 0 Å². The maximum absolute atomic E-state index is 13.1. The average molecular weight is 312 g/mol. The van der Waals surface area contributed by atoms with Crippen LogP contribution in [0.2, 0.25) is 0 Å². The zero-order valence-corrected chi connectivity index (χ0v) is 12.8. The van der Waals surface area contributed by atoms with Crippen molar-refractivity contribution in [1.29, 1.82) is 0 Å². The third kappa shape index (κ3) is 3.94. The third-order valence-electron chi connectivity index (χ3n) is 3.33. The van der Waals surface area contributed by atoms with E-state index in [0.717, 1.165) is 24.0 Å². The summed E-state index contributed by atoms with van der Waals surface area (Å²) in [7, 11) is 0. The van der Waals surface area contributed by atoms with Crippen LogP contribution < -0.4 is 4.74 Å². The Morgan fingerprint density at radius 3 is 2.65 bits per heavy atom. The van der Waals surface area contributed by atoms with Gasteiger partial charge in [0.15, 0.2) is 0 Å². The van der Waals surface area contributed by atoms with E-state index in [1.165, 1.54) is 12.1 Å². The van der Waals surface area contributed by atoms with E-state index in [1.807, 2.05) is 30.3 Å². The van der Waals surface area contributed by atoms with Crippen LogP contribution >= 0.6 is 0 Å². The molecule has 23 heavy (non-hydrogen) atoms. The van der Waals surface area contributed by atoms with Gasteiger partial charge in [0.2, 0.25) is 11.8 Å². The Morgan fingerprint density at radius 2 is 1.91 bits per heavy atom. The molecule has 3 rings (SSSR count). The van der Waals surface area contributed by atoms with Crippen LogP contribution in [0.1, 0.15) is 24.8 Å². The molecule has 0 unspecified atom stereocenters. The van der Waals surface area contributed by atoms with Gasteiger partial charge in [0, 0.05) is 12.0 Å². The first-order chi connectivity index (χ1) is 11.2. The molecule has 0 aliphatic heterocycles. The molecule has 0 saturated carbocycles. The summed E-state index contributed by atoms with van der Waals surface area (Å²) < 4.78 is 24.3. The van der Waals surface area contributed by atoms with E-state index in [1.54, 1.807) is 6.07 Å². The maximum atomic E-state index is 13.1. The largest absolute Gasteiger partial charge is 0.489 e. The number of aryl methyl sites for hydroxylation is 1. The quantitative estimate of drug-likeness (QED) is 0.676. The molecular formula is C18H17FN2O2. The van der Waals surface area contributed by atoms with Crippen molar-refractivity contribution < 1.29 is 13.5 Å². The first kappa shape index (κ1) is 15.2. The zero-order chi connectivity index (χ0) is 16.1.